The summed E-state index contributed by atoms with van der Waals surface area (Å²) in [5.41, 5.74) is 3.05. The van der Waals surface area contributed by atoms with Crippen molar-refractivity contribution in [3.63, 3.8) is 0 Å². The van der Waals surface area contributed by atoms with Crippen molar-refractivity contribution in [2.24, 2.45) is 0 Å². The molecule has 0 aliphatic rings. The molecule has 0 saturated heterocycles. The summed E-state index contributed by atoms with van der Waals surface area (Å²) in [7, 11) is 0. The van der Waals surface area contributed by atoms with Crippen molar-refractivity contribution in [1.29, 1.82) is 0 Å². The van der Waals surface area contributed by atoms with E-state index >= 15 is 0 Å². The molecule has 0 aliphatic heterocycles. The predicted octanol–water partition coefficient (Wildman–Crippen LogP) is 3.95. The lowest BCUT2D eigenvalue weighted by molar-refractivity contribution is -0.137. The number of H-pyrrole nitrogens is 1. The Kier molecular flexibility index (Phi) is 4.19. The molecule has 0 saturated carbocycles. The quantitative estimate of drug-likeness (QED) is 0.586. The maximum Gasteiger partial charge on any atom is 0.330 e. The Balaban J connectivity index is 1.99. The van der Waals surface area contributed by atoms with Gasteiger partial charge in [-0.05, 0) is 42.8 Å². The molecular formula is C18H15FN2O2. The fourth-order valence-corrected chi connectivity index (χ4v) is 2.35. The number of carbonyl (C=O) groups is 1. The second-order valence-electron chi connectivity index (χ2n) is 4.97. The molecule has 0 unspecified atom stereocenters. The number of esters is 1. The molecule has 3 aromatic rings. The van der Waals surface area contributed by atoms with Gasteiger partial charge in [-0.2, -0.15) is 5.10 Å². The SMILES string of the molecule is CCOC(=O)/C=C/c1ccc2[nH]nc(-c3cccc(F)c3)c2c1. The minimum Gasteiger partial charge on any atom is -0.463 e. The number of nitrogens with zero attached hydrogens (tertiary/aromatic N) is 1. The molecule has 1 aromatic heterocycles. The summed E-state index contributed by atoms with van der Waals surface area (Å²) in [5, 5.41) is 8.06. The van der Waals surface area contributed by atoms with Crippen molar-refractivity contribution in [2.45, 2.75) is 6.92 Å². The van der Waals surface area contributed by atoms with Gasteiger partial charge >= 0.3 is 5.97 Å². The molecule has 1 N–H and O–H groups in total. The van der Waals surface area contributed by atoms with Crippen LogP contribution in [-0.2, 0) is 9.53 Å². The molecule has 0 atom stereocenters. The third-order valence-electron chi connectivity index (χ3n) is 3.38. The van der Waals surface area contributed by atoms with Crippen molar-refractivity contribution in [3.05, 3.63) is 59.9 Å². The fraction of sp³-hybridized carbons (Fsp3) is 0.111. The molecule has 0 amide bonds. The molecule has 0 bridgehead atoms. The molecule has 0 spiro atoms. The highest BCUT2D eigenvalue weighted by Crippen LogP contribution is 2.27. The summed E-state index contributed by atoms with van der Waals surface area (Å²) in [6.07, 6.45) is 3.06. The van der Waals surface area contributed by atoms with Crippen LogP contribution in [0.2, 0.25) is 0 Å². The minimum absolute atomic E-state index is 0.308. The van der Waals surface area contributed by atoms with Crippen LogP contribution in [0.4, 0.5) is 4.39 Å². The van der Waals surface area contributed by atoms with Gasteiger partial charge in [0.25, 0.3) is 0 Å². The van der Waals surface area contributed by atoms with E-state index < -0.39 is 0 Å². The summed E-state index contributed by atoms with van der Waals surface area (Å²) in [4.78, 5) is 11.4. The van der Waals surface area contributed by atoms with Crippen LogP contribution in [0.25, 0.3) is 28.2 Å². The van der Waals surface area contributed by atoms with Crippen LogP contribution in [0, 0.1) is 5.82 Å². The first-order valence-electron chi connectivity index (χ1n) is 7.26. The third kappa shape index (κ3) is 3.29. The predicted molar refractivity (Wildman–Crippen MR) is 87.2 cm³/mol. The number of benzene rings is 2. The van der Waals surface area contributed by atoms with Crippen LogP contribution in [0.5, 0.6) is 0 Å². The van der Waals surface area contributed by atoms with Crippen molar-refractivity contribution < 1.29 is 13.9 Å². The fourth-order valence-electron chi connectivity index (χ4n) is 2.35. The summed E-state index contributed by atoms with van der Waals surface area (Å²) < 4.78 is 18.3. The van der Waals surface area contributed by atoms with Gasteiger partial charge in [0.15, 0.2) is 0 Å². The lowest BCUT2D eigenvalue weighted by Gasteiger charge is -2.00. The van der Waals surface area contributed by atoms with Gasteiger partial charge in [0.05, 0.1) is 12.1 Å². The molecule has 116 valence electrons. The van der Waals surface area contributed by atoms with Gasteiger partial charge in [-0.1, -0.05) is 18.2 Å². The standard InChI is InChI=1S/C18H15FN2O2/c1-2-23-17(22)9-7-12-6-8-16-15(10-12)18(21-20-16)13-4-3-5-14(19)11-13/h3-11H,2H2,1H3,(H,20,21)/b9-7+. The van der Waals surface area contributed by atoms with Crippen molar-refractivity contribution in [1.82, 2.24) is 10.2 Å². The van der Waals surface area contributed by atoms with E-state index in [1.54, 1.807) is 25.1 Å². The number of hydrogen-bond acceptors (Lipinski definition) is 3. The second kappa shape index (κ2) is 6.44. The van der Waals surface area contributed by atoms with Crippen LogP contribution in [0.1, 0.15) is 12.5 Å². The minimum atomic E-state index is -0.384. The maximum atomic E-state index is 13.4. The summed E-state index contributed by atoms with van der Waals surface area (Å²) in [5.74, 6) is -0.692. The van der Waals surface area contributed by atoms with Crippen LogP contribution in [0.3, 0.4) is 0 Å². The zero-order chi connectivity index (χ0) is 16.2. The molecule has 3 rings (SSSR count). The highest BCUT2D eigenvalue weighted by Gasteiger charge is 2.09. The second-order valence-corrected chi connectivity index (χ2v) is 4.97. The van der Waals surface area contributed by atoms with E-state index in [9.17, 15) is 9.18 Å². The average molecular weight is 310 g/mol. The number of aromatic amines is 1. The zero-order valence-corrected chi connectivity index (χ0v) is 12.5. The normalized spacial score (nSPS) is 11.2. The monoisotopic (exact) mass is 310 g/mol. The maximum absolute atomic E-state index is 13.4. The van der Waals surface area contributed by atoms with Crippen LogP contribution in [-0.4, -0.2) is 22.8 Å². The van der Waals surface area contributed by atoms with Gasteiger partial charge in [-0.3, -0.25) is 5.10 Å². The zero-order valence-electron chi connectivity index (χ0n) is 12.5. The van der Waals surface area contributed by atoms with E-state index in [4.69, 9.17) is 4.74 Å². The number of nitrogens with one attached hydrogen (secondary N) is 1. The van der Waals surface area contributed by atoms with E-state index in [0.29, 0.717) is 17.9 Å². The number of rotatable bonds is 4. The highest BCUT2D eigenvalue weighted by molar-refractivity contribution is 5.95. The number of fused-ring (bicyclic) bond motifs is 1. The number of aromatic nitrogens is 2. The van der Waals surface area contributed by atoms with E-state index in [0.717, 1.165) is 16.5 Å². The highest BCUT2D eigenvalue weighted by atomic mass is 19.1. The van der Waals surface area contributed by atoms with Gasteiger partial charge in [-0.15, -0.1) is 0 Å². The van der Waals surface area contributed by atoms with Crippen molar-refractivity contribution >= 4 is 22.9 Å². The summed E-state index contributed by atoms with van der Waals surface area (Å²) in [6.45, 7) is 2.10. The Morgan fingerprint density at radius 3 is 2.96 bits per heavy atom. The smallest absolute Gasteiger partial charge is 0.330 e. The van der Waals surface area contributed by atoms with E-state index in [1.165, 1.54) is 18.2 Å². The first kappa shape index (κ1) is 15.0. The lowest BCUT2D eigenvalue weighted by Crippen LogP contribution is -1.98. The number of halogens is 1. The van der Waals surface area contributed by atoms with Crippen LogP contribution in [0.15, 0.2) is 48.5 Å². The number of ether oxygens (including phenoxy) is 1. The molecule has 4 nitrogen and oxygen atoms in total. The molecule has 23 heavy (non-hydrogen) atoms. The molecule has 0 radical (unpaired) electrons. The molecule has 2 aromatic carbocycles. The van der Waals surface area contributed by atoms with Crippen LogP contribution < -0.4 is 0 Å². The third-order valence-corrected chi connectivity index (χ3v) is 3.38. The summed E-state index contributed by atoms with van der Waals surface area (Å²) >= 11 is 0. The Labute approximate surface area is 132 Å². The molecule has 0 aliphatic carbocycles. The van der Waals surface area contributed by atoms with E-state index in [1.807, 2.05) is 18.2 Å². The van der Waals surface area contributed by atoms with Gasteiger partial charge in [0.1, 0.15) is 11.5 Å². The number of carbonyl (C=O) groups excluding carboxylic acids is 1. The average Bonchev–Trinajstić information content (AvgIpc) is 2.96. The molecular weight excluding hydrogens is 295 g/mol. The lowest BCUT2D eigenvalue weighted by atomic mass is 10.1. The number of hydrogen-bond donors (Lipinski definition) is 1. The first-order valence-corrected chi connectivity index (χ1v) is 7.26. The molecule has 5 heteroatoms. The Hall–Kier alpha value is -2.95. The van der Waals surface area contributed by atoms with E-state index in [2.05, 4.69) is 10.2 Å². The van der Waals surface area contributed by atoms with Gasteiger partial charge < -0.3 is 4.74 Å². The Bertz CT molecular complexity index is 884. The first-order chi connectivity index (χ1) is 11.2. The van der Waals surface area contributed by atoms with Gasteiger partial charge in [0, 0.05) is 17.0 Å². The summed E-state index contributed by atoms with van der Waals surface area (Å²) in [6, 6.07) is 11.9. The van der Waals surface area contributed by atoms with Gasteiger partial charge in [0.2, 0.25) is 0 Å². The molecule has 0 fully saturated rings. The van der Waals surface area contributed by atoms with E-state index in [-0.39, 0.29) is 11.8 Å². The largest absolute Gasteiger partial charge is 0.463 e. The molecule has 1 heterocycles. The van der Waals surface area contributed by atoms with Crippen molar-refractivity contribution in [2.75, 3.05) is 6.61 Å². The van der Waals surface area contributed by atoms with Crippen molar-refractivity contribution in [3.8, 4) is 11.3 Å². The van der Waals surface area contributed by atoms with Gasteiger partial charge in [-0.25, -0.2) is 9.18 Å². The topological polar surface area (TPSA) is 55.0 Å². The Morgan fingerprint density at radius 1 is 1.30 bits per heavy atom. The van der Waals surface area contributed by atoms with Crippen LogP contribution >= 0.6 is 0 Å². The Morgan fingerprint density at radius 2 is 2.17 bits per heavy atom.